The van der Waals surface area contributed by atoms with Gasteiger partial charge in [0.15, 0.2) is 0 Å². The summed E-state index contributed by atoms with van der Waals surface area (Å²) >= 11 is 0. The first-order chi connectivity index (χ1) is 4.83. The quantitative estimate of drug-likeness (QED) is 0.560. The van der Waals surface area contributed by atoms with Crippen molar-refractivity contribution in [3.05, 3.63) is 12.7 Å². The summed E-state index contributed by atoms with van der Waals surface area (Å²) in [6, 6.07) is 0. The number of hydrogen-bond acceptors (Lipinski definition) is 1. The molecule has 1 heterocycles. The molecule has 0 saturated carbocycles. The molecule has 0 aromatic carbocycles. The molecule has 0 unspecified atom stereocenters. The minimum atomic E-state index is 1.04. The number of aromatic nitrogens is 3. The smallest absolute Gasteiger partial charge is 0.240 e. The average molecular weight is 140 g/mol. The highest BCUT2D eigenvalue weighted by Crippen LogP contribution is 1.89. The second-order valence-corrected chi connectivity index (χ2v) is 2.53. The van der Waals surface area contributed by atoms with E-state index in [0.717, 1.165) is 6.54 Å². The van der Waals surface area contributed by atoms with E-state index in [1.807, 2.05) is 29.0 Å². The molecular weight excluding hydrogens is 126 g/mol. The topological polar surface area (TPSA) is 21.7 Å². The van der Waals surface area contributed by atoms with Gasteiger partial charge in [0.25, 0.3) is 6.33 Å². The van der Waals surface area contributed by atoms with Gasteiger partial charge in [-0.15, -0.1) is 4.68 Å². The van der Waals surface area contributed by atoms with E-state index in [0.29, 0.717) is 0 Å². The minimum Gasteiger partial charge on any atom is -0.240 e. The highest BCUT2D eigenvalue weighted by atomic mass is 15.3. The van der Waals surface area contributed by atoms with Gasteiger partial charge in [0, 0.05) is 5.10 Å². The zero-order valence-electron chi connectivity index (χ0n) is 6.62. The zero-order chi connectivity index (χ0) is 7.40. The summed E-state index contributed by atoms with van der Waals surface area (Å²) in [5, 5.41) is 4.13. The van der Waals surface area contributed by atoms with Crippen LogP contribution in [0.3, 0.4) is 0 Å². The first-order valence-corrected chi connectivity index (χ1v) is 3.70. The Labute approximate surface area is 61.3 Å². The second-order valence-electron chi connectivity index (χ2n) is 2.53. The van der Waals surface area contributed by atoms with Crippen molar-refractivity contribution in [2.45, 2.75) is 26.3 Å². The molecule has 0 aliphatic heterocycles. The Kier molecular flexibility index (Phi) is 2.42. The van der Waals surface area contributed by atoms with Crippen molar-refractivity contribution in [2.75, 3.05) is 0 Å². The Hall–Kier alpha value is -0.860. The molecule has 0 radical (unpaired) electrons. The summed E-state index contributed by atoms with van der Waals surface area (Å²) < 4.78 is 3.92. The van der Waals surface area contributed by atoms with Crippen molar-refractivity contribution in [3.63, 3.8) is 0 Å². The van der Waals surface area contributed by atoms with Crippen LogP contribution >= 0.6 is 0 Å². The molecule has 1 rings (SSSR count). The third-order valence-electron chi connectivity index (χ3n) is 1.44. The SMILES string of the molecule is CCCCn1c[n+](C)cn1. The van der Waals surface area contributed by atoms with Crippen molar-refractivity contribution in [1.29, 1.82) is 0 Å². The maximum atomic E-state index is 4.13. The van der Waals surface area contributed by atoms with E-state index in [9.17, 15) is 0 Å². The number of rotatable bonds is 3. The third kappa shape index (κ3) is 1.83. The van der Waals surface area contributed by atoms with Crippen molar-refractivity contribution < 1.29 is 4.57 Å². The molecule has 3 nitrogen and oxygen atoms in total. The van der Waals surface area contributed by atoms with Crippen LogP contribution < -0.4 is 4.57 Å². The highest BCUT2D eigenvalue weighted by molar-refractivity contribution is 4.44. The van der Waals surface area contributed by atoms with Crippen LogP contribution in [0.4, 0.5) is 0 Å². The summed E-state index contributed by atoms with van der Waals surface area (Å²) in [7, 11) is 1.98. The summed E-state index contributed by atoms with van der Waals surface area (Å²) in [5.74, 6) is 0. The normalized spacial score (nSPS) is 10.2. The van der Waals surface area contributed by atoms with E-state index >= 15 is 0 Å². The minimum absolute atomic E-state index is 1.04. The number of nitrogens with zero attached hydrogens (tertiary/aromatic N) is 3. The van der Waals surface area contributed by atoms with Crippen LogP contribution in [0.5, 0.6) is 0 Å². The van der Waals surface area contributed by atoms with Crippen LogP contribution in [0.1, 0.15) is 19.8 Å². The molecule has 0 aliphatic rings. The molecule has 0 fully saturated rings. The molecule has 0 N–H and O–H groups in total. The average Bonchev–Trinajstić information content (AvgIpc) is 2.31. The Morgan fingerprint density at radius 3 is 2.90 bits per heavy atom. The maximum absolute atomic E-state index is 4.13. The van der Waals surface area contributed by atoms with Crippen molar-refractivity contribution >= 4 is 0 Å². The lowest BCUT2D eigenvalue weighted by molar-refractivity contribution is -0.672. The predicted octanol–water partition coefficient (Wildman–Crippen LogP) is 0.508. The molecule has 1 aromatic rings. The molecule has 0 atom stereocenters. The van der Waals surface area contributed by atoms with Crippen LogP contribution in [-0.2, 0) is 13.6 Å². The summed E-state index contributed by atoms with van der Waals surface area (Å²) in [6.07, 6.45) is 6.25. The predicted molar refractivity (Wildman–Crippen MR) is 38.3 cm³/mol. The highest BCUT2D eigenvalue weighted by Gasteiger charge is 1.99. The third-order valence-corrected chi connectivity index (χ3v) is 1.44. The first-order valence-electron chi connectivity index (χ1n) is 3.70. The molecule has 0 spiro atoms. The molecule has 1 aromatic heterocycles. The van der Waals surface area contributed by atoms with E-state index < -0.39 is 0 Å². The lowest BCUT2D eigenvalue weighted by atomic mass is 10.3. The van der Waals surface area contributed by atoms with Crippen molar-refractivity contribution in [1.82, 2.24) is 9.78 Å². The van der Waals surface area contributed by atoms with Gasteiger partial charge in [-0.1, -0.05) is 13.3 Å². The summed E-state index contributed by atoms with van der Waals surface area (Å²) in [4.78, 5) is 0. The molecule has 0 amide bonds. The largest absolute Gasteiger partial charge is 0.264 e. The molecule has 3 heteroatoms. The lowest BCUT2D eigenvalue weighted by Crippen LogP contribution is -2.23. The van der Waals surface area contributed by atoms with Crippen LogP contribution in [0.15, 0.2) is 12.7 Å². The van der Waals surface area contributed by atoms with E-state index in [2.05, 4.69) is 12.0 Å². The monoisotopic (exact) mass is 140 g/mol. The molecule has 56 valence electrons. The fraction of sp³-hybridized carbons (Fsp3) is 0.714. The number of aryl methyl sites for hydroxylation is 2. The summed E-state index contributed by atoms with van der Waals surface area (Å²) in [5.41, 5.74) is 0. The van der Waals surface area contributed by atoms with Crippen LogP contribution in [-0.4, -0.2) is 9.78 Å². The summed E-state index contributed by atoms with van der Waals surface area (Å²) in [6.45, 7) is 3.22. The fourth-order valence-electron chi connectivity index (χ4n) is 0.853. The van der Waals surface area contributed by atoms with Crippen LogP contribution in [0.2, 0.25) is 0 Å². The molecular formula is C7H14N3+. The fourth-order valence-corrected chi connectivity index (χ4v) is 0.853. The second kappa shape index (κ2) is 3.34. The van der Waals surface area contributed by atoms with E-state index in [1.165, 1.54) is 12.8 Å². The van der Waals surface area contributed by atoms with Gasteiger partial charge < -0.3 is 0 Å². The van der Waals surface area contributed by atoms with Crippen molar-refractivity contribution in [2.24, 2.45) is 7.05 Å². The van der Waals surface area contributed by atoms with Gasteiger partial charge in [-0.05, 0) is 6.42 Å². The Balaban J connectivity index is 2.42. The Bertz CT molecular complexity index is 192. The van der Waals surface area contributed by atoms with Crippen molar-refractivity contribution in [3.8, 4) is 0 Å². The Morgan fingerprint density at radius 1 is 1.60 bits per heavy atom. The van der Waals surface area contributed by atoms with E-state index in [1.54, 1.807) is 0 Å². The van der Waals surface area contributed by atoms with Gasteiger partial charge in [-0.3, -0.25) is 0 Å². The van der Waals surface area contributed by atoms with Gasteiger partial charge in [-0.2, -0.15) is 0 Å². The van der Waals surface area contributed by atoms with Gasteiger partial charge in [0.05, 0.1) is 7.05 Å². The van der Waals surface area contributed by atoms with Crippen LogP contribution in [0.25, 0.3) is 0 Å². The van der Waals surface area contributed by atoms with Gasteiger partial charge >= 0.3 is 0 Å². The molecule has 10 heavy (non-hydrogen) atoms. The van der Waals surface area contributed by atoms with E-state index in [-0.39, 0.29) is 0 Å². The van der Waals surface area contributed by atoms with Crippen LogP contribution in [0, 0.1) is 0 Å². The van der Waals surface area contributed by atoms with E-state index in [4.69, 9.17) is 0 Å². The number of unbranched alkanes of at least 4 members (excludes halogenated alkanes) is 1. The standard InChI is InChI=1S/C7H14N3/c1-3-4-5-10-7-9(2)6-8-10/h6-7H,3-5H2,1-2H3/q+1. The number of hydrogen-bond donors (Lipinski definition) is 0. The molecule has 0 aliphatic carbocycles. The molecule has 0 bridgehead atoms. The Morgan fingerprint density at radius 2 is 2.40 bits per heavy atom. The van der Waals surface area contributed by atoms with Gasteiger partial charge in [-0.25, -0.2) is 4.57 Å². The van der Waals surface area contributed by atoms with Gasteiger partial charge in [0.1, 0.15) is 6.54 Å². The maximum Gasteiger partial charge on any atom is 0.264 e. The first kappa shape index (κ1) is 7.25. The zero-order valence-corrected chi connectivity index (χ0v) is 6.62. The molecule has 0 saturated heterocycles. The van der Waals surface area contributed by atoms with Gasteiger partial charge in [0.2, 0.25) is 6.33 Å². The lowest BCUT2D eigenvalue weighted by Gasteiger charge is -1.87.